The highest BCUT2D eigenvalue weighted by atomic mass is 19.4. The van der Waals surface area contributed by atoms with Crippen molar-refractivity contribution in [2.24, 2.45) is 17.8 Å². The van der Waals surface area contributed by atoms with Gasteiger partial charge in [0.05, 0.1) is 12.7 Å². The monoisotopic (exact) mass is 624 g/mol. The van der Waals surface area contributed by atoms with E-state index in [2.05, 4.69) is 16.9 Å². The number of halogens is 3. The number of benzene rings is 2. The van der Waals surface area contributed by atoms with Gasteiger partial charge in [-0.2, -0.15) is 13.2 Å². The molecule has 0 amide bonds. The second-order valence-corrected chi connectivity index (χ2v) is 14.0. The summed E-state index contributed by atoms with van der Waals surface area (Å²) in [6, 6.07) is 11.3. The quantitative estimate of drug-likeness (QED) is 0.150. The summed E-state index contributed by atoms with van der Waals surface area (Å²) in [6.45, 7) is 5.30. The molecule has 0 spiro atoms. The van der Waals surface area contributed by atoms with Crippen LogP contribution in [-0.4, -0.2) is 31.3 Å². The first kappa shape index (κ1) is 32.8. The molecule has 4 aliphatic carbocycles. The largest absolute Gasteiger partial charge is 0.482 e. The van der Waals surface area contributed by atoms with Gasteiger partial charge in [-0.05, 0) is 136 Å². The zero-order valence-corrected chi connectivity index (χ0v) is 26.5. The van der Waals surface area contributed by atoms with Crippen LogP contribution in [0.25, 0.3) is 5.57 Å². The normalized spacial score (nSPS) is 24.6. The van der Waals surface area contributed by atoms with Crippen molar-refractivity contribution in [3.63, 3.8) is 0 Å². The van der Waals surface area contributed by atoms with Crippen molar-refractivity contribution in [1.82, 2.24) is 0 Å². The summed E-state index contributed by atoms with van der Waals surface area (Å²) in [6.07, 6.45) is 8.50. The van der Waals surface area contributed by atoms with E-state index in [0.717, 1.165) is 54.7 Å². The Labute approximate surface area is 263 Å². The number of ether oxygens (including phenoxy) is 3. The predicted molar refractivity (Wildman–Crippen MR) is 167 cm³/mol. The molecule has 2 aromatic rings. The minimum Gasteiger partial charge on any atom is -0.482 e. The van der Waals surface area contributed by atoms with Crippen molar-refractivity contribution in [2.45, 2.75) is 89.3 Å². The molecule has 0 aliphatic heterocycles. The van der Waals surface area contributed by atoms with Crippen LogP contribution in [0.3, 0.4) is 0 Å². The summed E-state index contributed by atoms with van der Waals surface area (Å²) in [5, 5.41) is 0. The molecule has 0 radical (unpaired) electrons. The molecule has 4 saturated carbocycles. The van der Waals surface area contributed by atoms with Gasteiger partial charge in [-0.15, -0.1) is 0 Å². The van der Waals surface area contributed by atoms with Crippen molar-refractivity contribution in [1.29, 1.82) is 0 Å². The van der Waals surface area contributed by atoms with Crippen LogP contribution in [0.2, 0.25) is 0 Å². The molecular formula is C37H43F3O5. The second-order valence-electron chi connectivity index (χ2n) is 14.0. The van der Waals surface area contributed by atoms with Crippen molar-refractivity contribution < 1.29 is 37.0 Å². The Morgan fingerprint density at radius 2 is 1.60 bits per heavy atom. The first-order valence-electron chi connectivity index (χ1n) is 15.8. The smallest absolute Gasteiger partial charge is 0.416 e. The molecule has 0 heterocycles. The number of methoxy groups -OCH3 is 1. The van der Waals surface area contributed by atoms with Crippen LogP contribution in [-0.2, 0) is 37.1 Å². The fourth-order valence-corrected chi connectivity index (χ4v) is 8.01. The van der Waals surface area contributed by atoms with E-state index in [1.165, 1.54) is 50.2 Å². The first-order valence-corrected chi connectivity index (χ1v) is 15.8. The highest BCUT2D eigenvalue weighted by Crippen LogP contribution is 2.62. The molecule has 5 nitrogen and oxygen atoms in total. The molecule has 242 valence electrons. The van der Waals surface area contributed by atoms with E-state index in [-0.39, 0.29) is 12.0 Å². The molecule has 2 aromatic carbocycles. The summed E-state index contributed by atoms with van der Waals surface area (Å²) in [5.41, 5.74) is 1.68. The van der Waals surface area contributed by atoms with Gasteiger partial charge < -0.3 is 14.2 Å². The van der Waals surface area contributed by atoms with Crippen molar-refractivity contribution in [2.75, 3.05) is 13.7 Å². The van der Waals surface area contributed by atoms with E-state index in [1.54, 1.807) is 6.07 Å². The minimum absolute atomic E-state index is 0.0613. The average Bonchev–Trinajstić information content (AvgIpc) is 2.95. The van der Waals surface area contributed by atoms with Gasteiger partial charge in [0.25, 0.3) is 0 Å². The molecule has 6 rings (SSSR count). The number of hydrogen-bond acceptors (Lipinski definition) is 5. The van der Waals surface area contributed by atoms with E-state index in [1.807, 2.05) is 32.9 Å². The zero-order chi connectivity index (χ0) is 32.4. The molecule has 0 N–H and O–H groups in total. The lowest BCUT2D eigenvalue weighted by molar-refractivity contribution is -0.157. The Kier molecular flexibility index (Phi) is 9.52. The lowest BCUT2D eigenvalue weighted by atomic mass is 9.48. The fourth-order valence-electron chi connectivity index (χ4n) is 8.01. The Balaban J connectivity index is 1.40. The van der Waals surface area contributed by atoms with E-state index in [9.17, 15) is 22.8 Å². The molecule has 0 saturated heterocycles. The number of esters is 2. The van der Waals surface area contributed by atoms with Crippen LogP contribution in [0, 0.1) is 17.8 Å². The van der Waals surface area contributed by atoms with Crippen LogP contribution in [0.4, 0.5) is 13.2 Å². The fraction of sp³-hybridized carbons (Fsp3) is 0.514. The number of carbonyl (C=O) groups excluding carboxylic acids is 2. The molecule has 45 heavy (non-hydrogen) atoms. The molecular weight excluding hydrogens is 581 g/mol. The van der Waals surface area contributed by atoms with Crippen molar-refractivity contribution in [3.05, 3.63) is 82.9 Å². The lowest BCUT2D eigenvalue weighted by Crippen LogP contribution is -2.48. The molecule has 4 fully saturated rings. The van der Waals surface area contributed by atoms with Gasteiger partial charge >= 0.3 is 18.1 Å². The standard InChI is InChI=1S/C37H43F3O5/c1-35(2,3)45-34(42)23-44-32-18-24(11-13-31(32)36-20-25-15-26(21-36)17-27(16-25)22-36)7-5-8-28(12-14-33(41)43-4)29-9-6-10-30(19-29)37(38,39)40/h6,8-14,18-19,25-27H,5,7,15-17,20-23H2,1-4H3. The number of aryl methyl sites for hydroxylation is 1. The zero-order valence-electron chi connectivity index (χ0n) is 26.5. The van der Waals surface area contributed by atoms with Gasteiger partial charge in [0.2, 0.25) is 0 Å². The molecule has 0 aromatic heterocycles. The van der Waals surface area contributed by atoms with Gasteiger partial charge in [0, 0.05) is 11.6 Å². The van der Waals surface area contributed by atoms with Crippen LogP contribution in [0.5, 0.6) is 5.75 Å². The summed E-state index contributed by atoms with van der Waals surface area (Å²) < 4.78 is 56.7. The third-order valence-electron chi connectivity index (χ3n) is 9.34. The van der Waals surface area contributed by atoms with E-state index in [0.29, 0.717) is 29.7 Å². The number of rotatable bonds is 10. The Morgan fingerprint density at radius 1 is 0.933 bits per heavy atom. The second kappa shape index (κ2) is 13.1. The van der Waals surface area contributed by atoms with Crippen LogP contribution < -0.4 is 4.74 Å². The van der Waals surface area contributed by atoms with Crippen LogP contribution in [0.15, 0.2) is 60.7 Å². The van der Waals surface area contributed by atoms with E-state index < -0.39 is 29.3 Å². The van der Waals surface area contributed by atoms with Gasteiger partial charge in [-0.25, -0.2) is 9.59 Å². The third-order valence-corrected chi connectivity index (χ3v) is 9.34. The maximum Gasteiger partial charge on any atom is 0.416 e. The summed E-state index contributed by atoms with van der Waals surface area (Å²) >= 11 is 0. The van der Waals surface area contributed by atoms with Crippen LogP contribution in [0.1, 0.15) is 88.0 Å². The van der Waals surface area contributed by atoms with Gasteiger partial charge in [-0.3, -0.25) is 0 Å². The maximum absolute atomic E-state index is 13.4. The Hall–Kier alpha value is -3.55. The molecule has 8 heteroatoms. The van der Waals surface area contributed by atoms with E-state index >= 15 is 0 Å². The average molecular weight is 625 g/mol. The lowest BCUT2D eigenvalue weighted by Gasteiger charge is -2.57. The SMILES string of the molecule is COC(=O)C=CC(=CCCc1ccc(C23CC4CC(CC(C4)C2)C3)c(OCC(=O)OC(C)(C)C)c1)c1cccc(C(F)(F)F)c1. The molecule has 0 unspecified atom stereocenters. The highest BCUT2D eigenvalue weighted by Gasteiger charge is 2.52. The van der Waals surface area contributed by atoms with E-state index in [4.69, 9.17) is 9.47 Å². The van der Waals surface area contributed by atoms with Gasteiger partial charge in [0.1, 0.15) is 11.4 Å². The topological polar surface area (TPSA) is 61.8 Å². The third kappa shape index (κ3) is 8.19. The molecule has 4 aliphatic rings. The summed E-state index contributed by atoms with van der Waals surface area (Å²) in [5.74, 6) is 1.93. The summed E-state index contributed by atoms with van der Waals surface area (Å²) in [7, 11) is 1.25. The number of carbonyl (C=O) groups is 2. The van der Waals surface area contributed by atoms with Crippen molar-refractivity contribution in [3.8, 4) is 5.75 Å². The highest BCUT2D eigenvalue weighted by molar-refractivity contribution is 5.87. The Bertz CT molecular complexity index is 1430. The number of hydrogen-bond donors (Lipinski definition) is 0. The van der Waals surface area contributed by atoms with Crippen LogP contribution >= 0.6 is 0 Å². The Morgan fingerprint density at radius 3 is 2.20 bits per heavy atom. The maximum atomic E-state index is 13.4. The number of alkyl halides is 3. The first-order chi connectivity index (χ1) is 21.2. The van der Waals surface area contributed by atoms with Crippen molar-refractivity contribution >= 4 is 17.5 Å². The predicted octanol–water partition coefficient (Wildman–Crippen LogP) is 8.64. The van der Waals surface area contributed by atoms with Gasteiger partial charge in [-0.1, -0.05) is 30.3 Å². The molecule has 0 atom stereocenters. The number of allylic oxidation sites excluding steroid dienone is 3. The minimum atomic E-state index is -4.48. The summed E-state index contributed by atoms with van der Waals surface area (Å²) in [4.78, 5) is 24.4. The van der Waals surface area contributed by atoms with Gasteiger partial charge in [0.15, 0.2) is 6.61 Å². The molecule has 4 bridgehead atoms.